The molecule has 1 amide bonds. The van der Waals surface area contributed by atoms with Crippen molar-refractivity contribution in [2.45, 2.75) is 26.3 Å². The minimum atomic E-state index is -0.233. The summed E-state index contributed by atoms with van der Waals surface area (Å²) < 4.78 is 0. The Hall–Kier alpha value is -1.26. The number of likely N-dealkylation sites (tertiary alicyclic amines) is 1. The van der Waals surface area contributed by atoms with E-state index < -0.39 is 0 Å². The van der Waals surface area contributed by atoms with E-state index in [9.17, 15) is 4.79 Å². The molecule has 3 nitrogen and oxygen atoms in total. The van der Waals surface area contributed by atoms with Gasteiger partial charge in [0.2, 0.25) is 0 Å². The van der Waals surface area contributed by atoms with Crippen molar-refractivity contribution in [1.82, 2.24) is 4.90 Å². The van der Waals surface area contributed by atoms with Crippen LogP contribution in [-0.4, -0.2) is 23.9 Å². The SMILES string of the molecule is C[C@@H]1CCCN(Cc2ccc(C(=O)Nc3cc(Cl)c(Cl)cc3Cl)cc2)C1. The molecule has 1 fully saturated rings. The lowest BCUT2D eigenvalue weighted by atomic mass is 9.99. The molecule has 0 bridgehead atoms. The number of anilines is 1. The number of hydrogen-bond acceptors (Lipinski definition) is 2. The predicted octanol–water partition coefficient (Wildman–Crippen LogP) is 6.13. The van der Waals surface area contributed by atoms with Gasteiger partial charge in [0.1, 0.15) is 0 Å². The second-order valence-corrected chi connectivity index (χ2v) is 8.10. The molecule has 1 aliphatic rings. The molecular weight excluding hydrogens is 391 g/mol. The van der Waals surface area contributed by atoms with Crippen LogP contribution in [0.25, 0.3) is 0 Å². The van der Waals surface area contributed by atoms with Crippen molar-refractivity contribution >= 4 is 46.4 Å². The number of nitrogens with one attached hydrogen (secondary N) is 1. The zero-order valence-electron chi connectivity index (χ0n) is 14.6. The molecule has 6 heteroatoms. The smallest absolute Gasteiger partial charge is 0.255 e. The van der Waals surface area contributed by atoms with Crippen LogP contribution in [0.5, 0.6) is 0 Å². The predicted molar refractivity (Wildman–Crippen MR) is 110 cm³/mol. The molecule has 0 aliphatic carbocycles. The quantitative estimate of drug-likeness (QED) is 0.614. The molecule has 1 atom stereocenters. The number of benzene rings is 2. The highest BCUT2D eigenvalue weighted by Crippen LogP contribution is 2.32. The summed E-state index contributed by atoms with van der Waals surface area (Å²) in [4.78, 5) is 14.9. The maximum absolute atomic E-state index is 12.5. The fourth-order valence-electron chi connectivity index (χ4n) is 3.26. The molecule has 2 aromatic carbocycles. The Bertz CT molecular complexity index is 792. The molecule has 3 rings (SSSR count). The number of rotatable bonds is 4. The molecular formula is C20H21Cl3N2O. The summed E-state index contributed by atoms with van der Waals surface area (Å²) in [6.45, 7) is 5.50. The van der Waals surface area contributed by atoms with Crippen LogP contribution in [0.4, 0.5) is 5.69 Å². The third-order valence-corrected chi connectivity index (χ3v) is 5.66. The van der Waals surface area contributed by atoms with Gasteiger partial charge in [0.05, 0.1) is 20.8 Å². The first-order valence-corrected chi connectivity index (χ1v) is 9.83. The van der Waals surface area contributed by atoms with Gasteiger partial charge in [-0.15, -0.1) is 0 Å². The monoisotopic (exact) mass is 410 g/mol. The van der Waals surface area contributed by atoms with E-state index in [1.54, 1.807) is 6.07 Å². The third-order valence-electron chi connectivity index (χ3n) is 4.62. The lowest BCUT2D eigenvalue weighted by Gasteiger charge is -2.30. The molecule has 138 valence electrons. The van der Waals surface area contributed by atoms with Gasteiger partial charge >= 0.3 is 0 Å². The Morgan fingerprint density at radius 3 is 2.50 bits per heavy atom. The zero-order valence-corrected chi connectivity index (χ0v) is 16.8. The van der Waals surface area contributed by atoms with Gasteiger partial charge in [-0.05, 0) is 55.1 Å². The van der Waals surface area contributed by atoms with Crippen LogP contribution in [-0.2, 0) is 6.54 Å². The lowest BCUT2D eigenvalue weighted by Crippen LogP contribution is -2.33. The second-order valence-electron chi connectivity index (χ2n) is 6.88. The number of halogens is 3. The Morgan fingerprint density at radius 2 is 1.81 bits per heavy atom. The van der Waals surface area contributed by atoms with Gasteiger partial charge in [-0.25, -0.2) is 0 Å². The van der Waals surface area contributed by atoms with E-state index in [0.717, 1.165) is 25.6 Å². The third kappa shape index (κ3) is 4.92. The van der Waals surface area contributed by atoms with E-state index in [1.165, 1.54) is 24.5 Å². The minimum absolute atomic E-state index is 0.233. The number of nitrogens with zero attached hydrogens (tertiary/aromatic N) is 1. The highest BCUT2D eigenvalue weighted by Gasteiger charge is 2.16. The topological polar surface area (TPSA) is 32.3 Å². The second kappa shape index (κ2) is 8.62. The van der Waals surface area contributed by atoms with Crippen molar-refractivity contribution in [3.8, 4) is 0 Å². The number of amides is 1. The maximum Gasteiger partial charge on any atom is 0.255 e. The van der Waals surface area contributed by atoms with E-state index in [-0.39, 0.29) is 5.91 Å². The molecule has 2 aromatic rings. The zero-order chi connectivity index (χ0) is 18.7. The molecule has 0 spiro atoms. The van der Waals surface area contributed by atoms with E-state index in [4.69, 9.17) is 34.8 Å². The van der Waals surface area contributed by atoms with Crippen LogP contribution < -0.4 is 5.32 Å². The van der Waals surface area contributed by atoms with Gasteiger partial charge in [-0.3, -0.25) is 9.69 Å². The summed E-state index contributed by atoms with van der Waals surface area (Å²) in [5, 5.41) is 3.83. The molecule has 0 radical (unpaired) electrons. The van der Waals surface area contributed by atoms with Crippen LogP contribution in [0.3, 0.4) is 0 Å². The first-order valence-electron chi connectivity index (χ1n) is 8.69. The summed E-state index contributed by atoms with van der Waals surface area (Å²) in [5.41, 5.74) is 2.23. The largest absolute Gasteiger partial charge is 0.321 e. The lowest BCUT2D eigenvalue weighted by molar-refractivity contribution is 0.102. The number of hydrogen-bond donors (Lipinski definition) is 1. The summed E-state index contributed by atoms with van der Waals surface area (Å²) in [7, 11) is 0. The Balaban J connectivity index is 1.64. The van der Waals surface area contributed by atoms with E-state index in [2.05, 4.69) is 17.1 Å². The Morgan fingerprint density at radius 1 is 1.12 bits per heavy atom. The molecule has 0 saturated carbocycles. The summed E-state index contributed by atoms with van der Waals surface area (Å²) in [5.74, 6) is 0.521. The summed E-state index contributed by atoms with van der Waals surface area (Å²) >= 11 is 18.0. The number of carbonyl (C=O) groups is 1. The van der Waals surface area contributed by atoms with Crippen LogP contribution in [0.15, 0.2) is 36.4 Å². The summed E-state index contributed by atoms with van der Waals surface area (Å²) in [6, 6.07) is 10.8. The first-order chi connectivity index (χ1) is 12.4. The molecule has 1 saturated heterocycles. The van der Waals surface area contributed by atoms with Gasteiger partial charge < -0.3 is 5.32 Å². The highest BCUT2D eigenvalue weighted by atomic mass is 35.5. The van der Waals surface area contributed by atoms with Crippen LogP contribution >= 0.6 is 34.8 Å². The molecule has 1 aliphatic heterocycles. The molecule has 26 heavy (non-hydrogen) atoms. The maximum atomic E-state index is 12.5. The van der Waals surface area contributed by atoms with Crippen LogP contribution in [0.1, 0.15) is 35.7 Å². The van der Waals surface area contributed by atoms with Gasteiger partial charge in [-0.2, -0.15) is 0 Å². The molecule has 1 heterocycles. The Labute approximate surface area is 169 Å². The molecule has 1 N–H and O–H groups in total. The van der Waals surface area contributed by atoms with Gasteiger partial charge in [0.15, 0.2) is 0 Å². The van der Waals surface area contributed by atoms with Crippen molar-refractivity contribution in [3.05, 3.63) is 62.6 Å². The van der Waals surface area contributed by atoms with Crippen molar-refractivity contribution in [1.29, 1.82) is 0 Å². The average molecular weight is 412 g/mol. The molecule has 0 unspecified atom stereocenters. The fourth-order valence-corrected chi connectivity index (χ4v) is 3.86. The van der Waals surface area contributed by atoms with Gasteiger partial charge in [0.25, 0.3) is 5.91 Å². The average Bonchev–Trinajstić information content (AvgIpc) is 2.60. The first kappa shape index (κ1) is 19.5. The van der Waals surface area contributed by atoms with Gasteiger partial charge in [-0.1, -0.05) is 53.9 Å². The van der Waals surface area contributed by atoms with Crippen molar-refractivity contribution in [2.24, 2.45) is 5.92 Å². The minimum Gasteiger partial charge on any atom is -0.321 e. The van der Waals surface area contributed by atoms with Crippen molar-refractivity contribution in [2.75, 3.05) is 18.4 Å². The van der Waals surface area contributed by atoms with E-state index in [0.29, 0.717) is 26.3 Å². The van der Waals surface area contributed by atoms with E-state index in [1.807, 2.05) is 24.3 Å². The van der Waals surface area contributed by atoms with Gasteiger partial charge in [0, 0.05) is 18.7 Å². The van der Waals surface area contributed by atoms with E-state index >= 15 is 0 Å². The van der Waals surface area contributed by atoms with Crippen molar-refractivity contribution < 1.29 is 4.79 Å². The van der Waals surface area contributed by atoms with Crippen LogP contribution in [0, 0.1) is 5.92 Å². The highest BCUT2D eigenvalue weighted by molar-refractivity contribution is 6.44. The fraction of sp³-hybridized carbons (Fsp3) is 0.350. The number of piperidine rings is 1. The Kier molecular flexibility index (Phi) is 6.46. The van der Waals surface area contributed by atoms with Crippen LogP contribution in [0.2, 0.25) is 15.1 Å². The normalized spacial score (nSPS) is 17.9. The van der Waals surface area contributed by atoms with Crippen molar-refractivity contribution in [3.63, 3.8) is 0 Å². The summed E-state index contributed by atoms with van der Waals surface area (Å²) in [6.07, 6.45) is 2.57. The number of carbonyl (C=O) groups excluding carboxylic acids is 1. The molecule has 0 aromatic heterocycles. The standard InChI is InChI=1S/C20H21Cl3N2O/c1-13-3-2-8-25(11-13)12-14-4-6-15(7-5-14)20(26)24-19-10-17(22)16(21)9-18(19)23/h4-7,9-10,13H,2-3,8,11-12H2,1H3,(H,24,26)/t13-/m1/s1.